The number of non-ortho nitro benzene ring substituents is 1. The zero-order valence-corrected chi connectivity index (χ0v) is 12.4. The third-order valence-corrected chi connectivity index (χ3v) is 3.53. The first-order valence-electron chi connectivity index (χ1n) is 6.58. The predicted octanol–water partition coefficient (Wildman–Crippen LogP) is 3.29. The van der Waals surface area contributed by atoms with E-state index in [1.165, 1.54) is 18.2 Å². The van der Waals surface area contributed by atoms with Crippen molar-refractivity contribution in [3.63, 3.8) is 0 Å². The van der Waals surface area contributed by atoms with E-state index in [-0.39, 0.29) is 11.6 Å². The average Bonchev–Trinajstić information content (AvgIpc) is 2.42. The molecule has 0 aliphatic carbocycles. The number of benzene rings is 1. The number of halogens is 1. The van der Waals surface area contributed by atoms with Crippen molar-refractivity contribution in [1.82, 2.24) is 5.32 Å². The third-order valence-electron chi connectivity index (χ3n) is 3.31. The molecule has 0 aliphatic heterocycles. The molecule has 110 valence electrons. The van der Waals surface area contributed by atoms with Crippen LogP contribution in [0.4, 0.5) is 5.69 Å². The van der Waals surface area contributed by atoms with Crippen molar-refractivity contribution in [2.45, 2.75) is 26.7 Å². The van der Waals surface area contributed by atoms with Gasteiger partial charge in [-0.1, -0.05) is 13.3 Å². The molecule has 0 aromatic heterocycles. The monoisotopic (exact) mass is 298 g/mol. The number of hydrogen-bond acceptors (Lipinski definition) is 3. The first-order chi connectivity index (χ1) is 9.49. The number of nitro groups is 1. The van der Waals surface area contributed by atoms with Crippen LogP contribution >= 0.6 is 11.6 Å². The second-order valence-electron chi connectivity index (χ2n) is 4.72. The first kappa shape index (κ1) is 16.4. The van der Waals surface area contributed by atoms with Crippen LogP contribution < -0.4 is 5.32 Å². The average molecular weight is 299 g/mol. The molecule has 1 aromatic rings. The van der Waals surface area contributed by atoms with Gasteiger partial charge >= 0.3 is 0 Å². The highest BCUT2D eigenvalue weighted by Crippen LogP contribution is 2.17. The zero-order valence-electron chi connectivity index (χ0n) is 11.7. The molecule has 1 amide bonds. The van der Waals surface area contributed by atoms with Crippen molar-refractivity contribution in [1.29, 1.82) is 0 Å². The Morgan fingerprint density at radius 3 is 2.70 bits per heavy atom. The summed E-state index contributed by atoms with van der Waals surface area (Å²) in [6, 6.07) is 4.24. The van der Waals surface area contributed by atoms with Gasteiger partial charge in [-0.05, 0) is 30.9 Å². The molecular weight excluding hydrogens is 280 g/mol. The Balaban J connectivity index is 2.70. The van der Waals surface area contributed by atoms with Crippen LogP contribution in [-0.4, -0.2) is 23.3 Å². The molecule has 1 N–H and O–H groups in total. The smallest absolute Gasteiger partial charge is 0.269 e. The summed E-state index contributed by atoms with van der Waals surface area (Å²) in [7, 11) is 0. The van der Waals surface area contributed by atoms with Crippen molar-refractivity contribution in [3.8, 4) is 0 Å². The van der Waals surface area contributed by atoms with Gasteiger partial charge in [0.1, 0.15) is 0 Å². The van der Waals surface area contributed by atoms with Crippen LogP contribution in [0.1, 0.15) is 35.7 Å². The van der Waals surface area contributed by atoms with Crippen molar-refractivity contribution >= 4 is 23.2 Å². The van der Waals surface area contributed by atoms with Crippen LogP contribution in [0.3, 0.4) is 0 Å². The van der Waals surface area contributed by atoms with E-state index in [0.29, 0.717) is 29.5 Å². The summed E-state index contributed by atoms with van der Waals surface area (Å²) in [6.45, 7) is 4.32. The fourth-order valence-corrected chi connectivity index (χ4v) is 2.26. The number of rotatable bonds is 7. The van der Waals surface area contributed by atoms with Crippen LogP contribution in [0.5, 0.6) is 0 Å². The Labute approximate surface area is 123 Å². The van der Waals surface area contributed by atoms with E-state index in [0.717, 1.165) is 12.8 Å². The maximum Gasteiger partial charge on any atom is 0.269 e. The van der Waals surface area contributed by atoms with E-state index < -0.39 is 4.92 Å². The fraction of sp³-hybridized carbons (Fsp3) is 0.500. The molecule has 6 heteroatoms. The highest BCUT2D eigenvalue weighted by Gasteiger charge is 2.14. The number of carbonyl (C=O) groups excluding carboxylic acids is 1. The van der Waals surface area contributed by atoms with Crippen molar-refractivity contribution in [2.24, 2.45) is 5.92 Å². The zero-order chi connectivity index (χ0) is 15.1. The summed E-state index contributed by atoms with van der Waals surface area (Å²) in [6.07, 6.45) is 1.81. The highest BCUT2D eigenvalue weighted by atomic mass is 35.5. The minimum absolute atomic E-state index is 0.00683. The van der Waals surface area contributed by atoms with Gasteiger partial charge in [-0.2, -0.15) is 0 Å². The standard InChI is InChI=1S/C14H19ClN2O3/c1-3-11(6-7-15)9-16-14(18)13-5-4-12(17(19)20)8-10(13)2/h4-5,8,11H,3,6-7,9H2,1-2H3,(H,16,18). The summed E-state index contributed by atoms with van der Waals surface area (Å²) in [4.78, 5) is 22.2. The molecule has 5 nitrogen and oxygen atoms in total. The molecule has 1 atom stereocenters. The summed E-state index contributed by atoms with van der Waals surface area (Å²) in [5.41, 5.74) is 1.06. The van der Waals surface area contributed by atoms with Gasteiger partial charge in [-0.15, -0.1) is 11.6 Å². The van der Waals surface area contributed by atoms with Gasteiger partial charge in [0.15, 0.2) is 0 Å². The minimum atomic E-state index is -0.470. The van der Waals surface area contributed by atoms with Crippen molar-refractivity contribution < 1.29 is 9.72 Å². The first-order valence-corrected chi connectivity index (χ1v) is 7.12. The lowest BCUT2D eigenvalue weighted by Crippen LogP contribution is -2.29. The largest absolute Gasteiger partial charge is 0.352 e. The summed E-state index contributed by atoms with van der Waals surface area (Å²) in [5, 5.41) is 13.5. The van der Waals surface area contributed by atoms with Crippen LogP contribution in [0.25, 0.3) is 0 Å². The lowest BCUT2D eigenvalue weighted by molar-refractivity contribution is -0.384. The minimum Gasteiger partial charge on any atom is -0.352 e. The van der Waals surface area contributed by atoms with E-state index in [1.54, 1.807) is 6.92 Å². The summed E-state index contributed by atoms with van der Waals surface area (Å²) < 4.78 is 0. The van der Waals surface area contributed by atoms with Gasteiger partial charge in [0, 0.05) is 30.1 Å². The lowest BCUT2D eigenvalue weighted by atomic mass is 10.0. The third kappa shape index (κ3) is 4.49. The van der Waals surface area contributed by atoms with E-state index in [2.05, 4.69) is 12.2 Å². The number of hydrogen-bond donors (Lipinski definition) is 1. The van der Waals surface area contributed by atoms with E-state index in [9.17, 15) is 14.9 Å². The van der Waals surface area contributed by atoms with Crippen LogP contribution in [0.2, 0.25) is 0 Å². The van der Waals surface area contributed by atoms with Gasteiger partial charge in [0.05, 0.1) is 4.92 Å². The number of nitrogens with one attached hydrogen (secondary N) is 1. The van der Waals surface area contributed by atoms with Gasteiger partial charge in [0.2, 0.25) is 0 Å². The Morgan fingerprint density at radius 2 is 2.20 bits per heavy atom. The number of nitro benzene ring substituents is 1. The quantitative estimate of drug-likeness (QED) is 0.477. The topological polar surface area (TPSA) is 72.2 Å². The van der Waals surface area contributed by atoms with E-state index in [4.69, 9.17) is 11.6 Å². The Hall–Kier alpha value is -1.62. The van der Waals surface area contributed by atoms with Crippen molar-refractivity contribution in [2.75, 3.05) is 12.4 Å². The number of nitrogens with zero attached hydrogens (tertiary/aromatic N) is 1. The molecule has 0 heterocycles. The number of carbonyl (C=O) groups is 1. The molecular formula is C14H19ClN2O3. The second-order valence-corrected chi connectivity index (χ2v) is 5.10. The molecule has 0 aliphatic rings. The molecule has 0 saturated heterocycles. The summed E-state index contributed by atoms with van der Waals surface area (Å²) >= 11 is 5.70. The maximum atomic E-state index is 12.1. The fourth-order valence-electron chi connectivity index (χ4n) is 1.95. The van der Waals surface area contributed by atoms with E-state index in [1.807, 2.05) is 0 Å². The number of alkyl halides is 1. The SMILES string of the molecule is CCC(CCCl)CNC(=O)c1ccc([N+](=O)[O-])cc1C. The maximum absolute atomic E-state index is 12.1. The van der Waals surface area contributed by atoms with Gasteiger partial charge in [-0.3, -0.25) is 14.9 Å². The van der Waals surface area contributed by atoms with Gasteiger partial charge in [0.25, 0.3) is 11.6 Å². The molecule has 1 rings (SSSR count). The number of aryl methyl sites for hydroxylation is 1. The molecule has 0 spiro atoms. The normalized spacial score (nSPS) is 11.9. The van der Waals surface area contributed by atoms with Gasteiger partial charge < -0.3 is 5.32 Å². The van der Waals surface area contributed by atoms with E-state index >= 15 is 0 Å². The van der Waals surface area contributed by atoms with Crippen molar-refractivity contribution in [3.05, 3.63) is 39.4 Å². The number of amides is 1. The highest BCUT2D eigenvalue weighted by molar-refractivity contribution is 6.17. The molecule has 0 saturated carbocycles. The van der Waals surface area contributed by atoms with Crippen LogP contribution in [-0.2, 0) is 0 Å². The molecule has 0 radical (unpaired) electrons. The Bertz CT molecular complexity index is 491. The Kier molecular flexibility index (Phi) is 6.45. The molecule has 1 unspecified atom stereocenters. The van der Waals surface area contributed by atoms with Gasteiger partial charge in [-0.25, -0.2) is 0 Å². The van der Waals surface area contributed by atoms with Crippen LogP contribution in [0, 0.1) is 23.0 Å². The second kappa shape index (κ2) is 7.85. The van der Waals surface area contributed by atoms with Crippen LogP contribution in [0.15, 0.2) is 18.2 Å². The predicted molar refractivity (Wildman–Crippen MR) is 79.3 cm³/mol. The summed E-state index contributed by atoms with van der Waals surface area (Å²) in [5.74, 6) is 0.727. The molecule has 1 aromatic carbocycles. The molecule has 0 bridgehead atoms. The Morgan fingerprint density at radius 1 is 1.50 bits per heavy atom. The lowest BCUT2D eigenvalue weighted by Gasteiger charge is -2.14. The molecule has 0 fully saturated rings. The molecule has 20 heavy (non-hydrogen) atoms.